The SMILES string of the molecule is CCCCc1c2ccccc2c(-c2ccc3c(c2)Cc2ccc(-c4c5ccccc5c(CCCC)c5ccccc45)cc2-3)c2ccccc12. The maximum Gasteiger partial charge on any atom is -0.00132 e. The Kier molecular flexibility index (Phi) is 7.54. The van der Waals surface area contributed by atoms with E-state index in [9.17, 15) is 0 Å². The van der Waals surface area contributed by atoms with Gasteiger partial charge in [0.15, 0.2) is 0 Å². The van der Waals surface area contributed by atoms with Gasteiger partial charge in [0, 0.05) is 0 Å². The molecule has 0 amide bonds. The van der Waals surface area contributed by atoms with E-state index in [1.807, 2.05) is 0 Å². The van der Waals surface area contributed by atoms with Gasteiger partial charge in [0.05, 0.1) is 0 Å². The molecule has 1 aliphatic rings. The fourth-order valence-electron chi connectivity index (χ4n) is 8.81. The molecule has 8 aromatic carbocycles. The molecule has 0 spiro atoms. The minimum Gasteiger partial charge on any atom is -0.0654 e. The van der Waals surface area contributed by atoms with Crippen molar-refractivity contribution in [2.24, 2.45) is 0 Å². The van der Waals surface area contributed by atoms with Crippen molar-refractivity contribution in [2.45, 2.75) is 58.8 Å². The van der Waals surface area contributed by atoms with E-state index in [1.165, 1.54) is 124 Å². The summed E-state index contributed by atoms with van der Waals surface area (Å²) >= 11 is 0. The summed E-state index contributed by atoms with van der Waals surface area (Å²) in [7, 11) is 0. The van der Waals surface area contributed by atoms with Gasteiger partial charge in [-0.3, -0.25) is 0 Å². The van der Waals surface area contributed by atoms with Crippen LogP contribution in [0.3, 0.4) is 0 Å². The van der Waals surface area contributed by atoms with E-state index < -0.39 is 0 Å². The van der Waals surface area contributed by atoms with E-state index in [1.54, 1.807) is 0 Å². The molecule has 0 heteroatoms. The average molecular weight is 631 g/mol. The second kappa shape index (κ2) is 12.4. The average Bonchev–Trinajstić information content (AvgIpc) is 3.52. The third kappa shape index (κ3) is 4.88. The summed E-state index contributed by atoms with van der Waals surface area (Å²) in [4.78, 5) is 0. The van der Waals surface area contributed by atoms with Crippen LogP contribution < -0.4 is 0 Å². The zero-order chi connectivity index (χ0) is 32.9. The Morgan fingerprint density at radius 3 is 1.24 bits per heavy atom. The van der Waals surface area contributed by atoms with Gasteiger partial charge in [-0.1, -0.05) is 154 Å². The molecule has 0 radical (unpaired) electrons. The van der Waals surface area contributed by atoms with Gasteiger partial charge >= 0.3 is 0 Å². The van der Waals surface area contributed by atoms with Crippen molar-refractivity contribution in [2.75, 3.05) is 0 Å². The molecule has 9 rings (SSSR count). The summed E-state index contributed by atoms with van der Waals surface area (Å²) in [6.45, 7) is 4.58. The van der Waals surface area contributed by atoms with Crippen LogP contribution in [0.5, 0.6) is 0 Å². The van der Waals surface area contributed by atoms with Gasteiger partial charge in [0.1, 0.15) is 0 Å². The van der Waals surface area contributed by atoms with Gasteiger partial charge < -0.3 is 0 Å². The molecule has 0 fully saturated rings. The van der Waals surface area contributed by atoms with Crippen molar-refractivity contribution >= 4 is 43.1 Å². The Labute approximate surface area is 290 Å². The van der Waals surface area contributed by atoms with Crippen LogP contribution in [-0.4, -0.2) is 0 Å². The molecule has 238 valence electrons. The predicted octanol–water partition coefficient (Wildman–Crippen LogP) is 13.9. The van der Waals surface area contributed by atoms with Crippen molar-refractivity contribution in [3.63, 3.8) is 0 Å². The molecule has 49 heavy (non-hydrogen) atoms. The molecule has 0 bridgehead atoms. The quantitative estimate of drug-likeness (QED) is 0.147. The van der Waals surface area contributed by atoms with E-state index in [-0.39, 0.29) is 0 Å². The lowest BCUT2D eigenvalue weighted by molar-refractivity contribution is 0.802. The Morgan fingerprint density at radius 1 is 0.388 bits per heavy atom. The van der Waals surface area contributed by atoms with Crippen LogP contribution in [0.25, 0.3) is 76.5 Å². The van der Waals surface area contributed by atoms with Crippen molar-refractivity contribution in [1.29, 1.82) is 0 Å². The Bertz CT molecular complexity index is 2430. The first-order valence-electron chi connectivity index (χ1n) is 18.4. The number of hydrogen-bond donors (Lipinski definition) is 0. The normalized spacial score (nSPS) is 12.3. The first kappa shape index (κ1) is 29.9. The van der Waals surface area contributed by atoms with E-state index in [0.717, 1.165) is 19.3 Å². The van der Waals surface area contributed by atoms with Gasteiger partial charge in [-0.05, 0) is 137 Å². The molecule has 0 N–H and O–H groups in total. The molecular weight excluding hydrogens is 589 g/mol. The number of rotatable bonds is 8. The van der Waals surface area contributed by atoms with Crippen LogP contribution in [0.4, 0.5) is 0 Å². The third-order valence-corrected chi connectivity index (χ3v) is 11.1. The molecule has 0 unspecified atom stereocenters. The molecule has 0 aliphatic heterocycles. The molecule has 0 saturated carbocycles. The summed E-state index contributed by atoms with van der Waals surface area (Å²) in [6, 6.07) is 50.9. The molecule has 1 aliphatic carbocycles. The van der Waals surface area contributed by atoms with Crippen LogP contribution in [0.1, 0.15) is 61.8 Å². The minimum absolute atomic E-state index is 0.973. The van der Waals surface area contributed by atoms with Gasteiger partial charge in [-0.25, -0.2) is 0 Å². The van der Waals surface area contributed by atoms with E-state index in [0.29, 0.717) is 0 Å². The summed E-state index contributed by atoms with van der Waals surface area (Å²) in [5, 5.41) is 11.1. The smallest absolute Gasteiger partial charge is 0.00132 e. The van der Waals surface area contributed by atoms with Crippen LogP contribution >= 0.6 is 0 Å². The first-order valence-corrected chi connectivity index (χ1v) is 18.4. The molecule has 0 atom stereocenters. The monoisotopic (exact) mass is 630 g/mol. The fraction of sp³-hybridized carbons (Fsp3) is 0.184. The Hall–Kier alpha value is -5.20. The highest BCUT2D eigenvalue weighted by Gasteiger charge is 2.23. The maximum atomic E-state index is 2.49. The highest BCUT2D eigenvalue weighted by atomic mass is 14.3. The maximum absolute atomic E-state index is 2.49. The van der Waals surface area contributed by atoms with Crippen molar-refractivity contribution in [3.8, 4) is 33.4 Å². The molecule has 0 heterocycles. The summed E-state index contributed by atoms with van der Waals surface area (Å²) < 4.78 is 0. The number of fused-ring (bicyclic) bond motifs is 7. The zero-order valence-electron chi connectivity index (χ0n) is 28.7. The predicted molar refractivity (Wildman–Crippen MR) is 213 cm³/mol. The zero-order valence-corrected chi connectivity index (χ0v) is 28.7. The molecular formula is C49H42. The molecule has 0 nitrogen and oxygen atoms in total. The van der Waals surface area contributed by atoms with Crippen LogP contribution in [0.2, 0.25) is 0 Å². The lowest BCUT2D eigenvalue weighted by Gasteiger charge is -2.18. The highest BCUT2D eigenvalue weighted by molar-refractivity contribution is 6.16. The Morgan fingerprint density at radius 2 is 0.796 bits per heavy atom. The second-order valence-corrected chi connectivity index (χ2v) is 14.0. The van der Waals surface area contributed by atoms with Crippen molar-refractivity contribution in [3.05, 3.63) is 156 Å². The second-order valence-electron chi connectivity index (χ2n) is 14.0. The van der Waals surface area contributed by atoms with E-state index in [4.69, 9.17) is 0 Å². The number of benzene rings is 8. The minimum atomic E-state index is 0.973. The third-order valence-electron chi connectivity index (χ3n) is 11.1. The molecule has 0 aromatic heterocycles. The standard InChI is InChI=1S/C49H42/c1-3-5-15-37-39-17-7-11-21-43(39)48(44-22-12-8-18-40(37)44)33-27-28-36-35(30-33)29-32-25-26-34(31-47(32)36)49-45-23-13-9-19-41(45)38(16-6-4-2)42-20-10-14-24-46(42)49/h7-14,17-28,30-31H,3-6,15-16,29H2,1-2H3. The first-order chi connectivity index (χ1) is 24.2. The largest absolute Gasteiger partial charge is 0.0654 e. The van der Waals surface area contributed by atoms with Crippen LogP contribution in [0.15, 0.2) is 133 Å². The summed E-state index contributed by atoms with van der Waals surface area (Å²) in [5.41, 5.74) is 14.0. The topological polar surface area (TPSA) is 0 Å². The molecule has 8 aromatic rings. The van der Waals surface area contributed by atoms with Gasteiger partial charge in [-0.2, -0.15) is 0 Å². The fourth-order valence-corrected chi connectivity index (χ4v) is 8.81. The molecule has 0 saturated heterocycles. The van der Waals surface area contributed by atoms with Crippen molar-refractivity contribution in [1.82, 2.24) is 0 Å². The highest BCUT2D eigenvalue weighted by Crippen LogP contribution is 2.46. The van der Waals surface area contributed by atoms with Crippen molar-refractivity contribution < 1.29 is 0 Å². The lowest BCUT2D eigenvalue weighted by Crippen LogP contribution is -1.94. The van der Waals surface area contributed by atoms with Gasteiger partial charge in [-0.15, -0.1) is 0 Å². The summed E-state index contributed by atoms with van der Waals surface area (Å²) in [6.07, 6.45) is 8.03. The van der Waals surface area contributed by atoms with E-state index >= 15 is 0 Å². The number of aryl methyl sites for hydroxylation is 2. The van der Waals surface area contributed by atoms with Crippen LogP contribution in [0, 0.1) is 0 Å². The van der Waals surface area contributed by atoms with Gasteiger partial charge in [0.25, 0.3) is 0 Å². The number of unbranched alkanes of at least 4 members (excludes halogenated alkanes) is 2. The Balaban J connectivity index is 1.20. The van der Waals surface area contributed by atoms with E-state index in [2.05, 4.69) is 147 Å². The van der Waals surface area contributed by atoms with Crippen LogP contribution in [-0.2, 0) is 19.3 Å². The van der Waals surface area contributed by atoms with Gasteiger partial charge in [0.2, 0.25) is 0 Å². The summed E-state index contributed by atoms with van der Waals surface area (Å²) in [5.74, 6) is 0. The number of hydrogen-bond acceptors (Lipinski definition) is 0. The lowest BCUT2D eigenvalue weighted by atomic mass is 9.85.